The van der Waals surface area contributed by atoms with Crippen molar-refractivity contribution in [2.45, 2.75) is 11.3 Å². The molecule has 0 saturated heterocycles. The molecule has 3 N–H and O–H groups in total. The Bertz CT molecular complexity index is 725. The van der Waals surface area contributed by atoms with Crippen molar-refractivity contribution >= 4 is 47.6 Å². The second-order valence-corrected chi connectivity index (χ2v) is 6.79. The molecule has 0 saturated carbocycles. The van der Waals surface area contributed by atoms with Crippen LogP contribution < -0.4 is 16.0 Å². The van der Waals surface area contributed by atoms with Gasteiger partial charge in [0, 0.05) is 43.4 Å². The summed E-state index contributed by atoms with van der Waals surface area (Å²) in [6.07, 6.45) is 0.824. The normalized spacial score (nSPS) is 10.7. The fourth-order valence-corrected chi connectivity index (χ4v) is 3.20. The summed E-state index contributed by atoms with van der Waals surface area (Å²) in [6, 6.07) is 18.0. The molecule has 0 unspecified atom stereocenters. The van der Waals surface area contributed by atoms with Crippen molar-refractivity contribution in [3.05, 3.63) is 65.7 Å². The fraction of sp³-hybridized carbons (Fsp3) is 0.300. The van der Waals surface area contributed by atoms with Crippen LogP contribution in [0.4, 0.5) is 0 Å². The van der Waals surface area contributed by atoms with Crippen molar-refractivity contribution in [1.82, 2.24) is 16.0 Å². The van der Waals surface area contributed by atoms with Gasteiger partial charge in [0.2, 0.25) is 0 Å². The van der Waals surface area contributed by atoms with Gasteiger partial charge in [0.15, 0.2) is 5.96 Å². The number of thioether (sulfide) groups is 1. The molecule has 0 aliphatic heterocycles. The van der Waals surface area contributed by atoms with E-state index in [0.29, 0.717) is 5.56 Å². The molecule has 146 valence electrons. The summed E-state index contributed by atoms with van der Waals surface area (Å²) in [5.74, 6) is 1.70. The molecule has 0 fully saturated rings. The Hall–Kier alpha value is -1.74. The molecule has 0 atom stereocenters. The minimum absolute atomic E-state index is 0. The summed E-state index contributed by atoms with van der Waals surface area (Å²) in [5.41, 5.74) is 1.80. The first-order valence-corrected chi connectivity index (χ1v) is 9.65. The molecule has 0 radical (unpaired) electrons. The van der Waals surface area contributed by atoms with E-state index in [2.05, 4.69) is 45.2 Å². The number of benzene rings is 2. The topological polar surface area (TPSA) is 65.5 Å². The lowest BCUT2D eigenvalue weighted by Crippen LogP contribution is -2.39. The standard InChI is InChI=1S/C20H26N4OS.HI/c1-21-19(25)17-8-6-7-16(15-17)11-12-23-20(22-2)24-13-14-26-18-9-4-3-5-10-18;/h3-10,15H,11-14H2,1-2H3,(H,21,25)(H2,22,23,24);1H. The van der Waals surface area contributed by atoms with Crippen LogP contribution in [0.5, 0.6) is 0 Å². The second-order valence-electron chi connectivity index (χ2n) is 5.62. The highest BCUT2D eigenvalue weighted by Gasteiger charge is 2.04. The summed E-state index contributed by atoms with van der Waals surface area (Å²) in [4.78, 5) is 17.2. The molecule has 0 aliphatic rings. The summed E-state index contributed by atoms with van der Waals surface area (Å²) in [6.45, 7) is 1.59. The zero-order chi connectivity index (χ0) is 18.6. The number of rotatable bonds is 8. The van der Waals surface area contributed by atoms with Crippen LogP contribution in [-0.2, 0) is 6.42 Å². The highest BCUT2D eigenvalue weighted by atomic mass is 127. The van der Waals surface area contributed by atoms with E-state index in [1.807, 2.05) is 42.1 Å². The summed E-state index contributed by atoms with van der Waals surface area (Å²) < 4.78 is 0. The van der Waals surface area contributed by atoms with Crippen molar-refractivity contribution in [2.24, 2.45) is 4.99 Å². The van der Waals surface area contributed by atoms with E-state index < -0.39 is 0 Å². The Kier molecular flexibility index (Phi) is 11.6. The van der Waals surface area contributed by atoms with E-state index in [1.165, 1.54) is 4.90 Å². The van der Waals surface area contributed by atoms with Crippen molar-refractivity contribution in [1.29, 1.82) is 0 Å². The molecule has 7 heteroatoms. The van der Waals surface area contributed by atoms with E-state index in [1.54, 1.807) is 14.1 Å². The number of halogens is 1. The zero-order valence-electron chi connectivity index (χ0n) is 15.7. The number of aliphatic imine (C=N–C) groups is 1. The van der Waals surface area contributed by atoms with Gasteiger partial charge in [-0.3, -0.25) is 9.79 Å². The molecule has 1 amide bonds. The Balaban J connectivity index is 0.00000364. The van der Waals surface area contributed by atoms with Crippen LogP contribution in [0.3, 0.4) is 0 Å². The average Bonchev–Trinajstić information content (AvgIpc) is 2.70. The summed E-state index contributed by atoms with van der Waals surface area (Å²) >= 11 is 1.82. The van der Waals surface area contributed by atoms with Gasteiger partial charge in [-0.25, -0.2) is 0 Å². The first kappa shape index (κ1) is 23.3. The number of nitrogens with one attached hydrogen (secondary N) is 3. The van der Waals surface area contributed by atoms with Gasteiger partial charge in [0.05, 0.1) is 0 Å². The van der Waals surface area contributed by atoms with Gasteiger partial charge in [-0.05, 0) is 36.2 Å². The van der Waals surface area contributed by atoms with Crippen LogP contribution in [0.2, 0.25) is 0 Å². The minimum Gasteiger partial charge on any atom is -0.356 e. The number of guanidine groups is 1. The molecule has 0 aliphatic carbocycles. The van der Waals surface area contributed by atoms with E-state index in [0.717, 1.165) is 36.8 Å². The maximum absolute atomic E-state index is 11.7. The zero-order valence-corrected chi connectivity index (χ0v) is 18.8. The molecule has 0 aromatic heterocycles. The van der Waals surface area contributed by atoms with E-state index in [4.69, 9.17) is 0 Å². The maximum atomic E-state index is 11.7. The van der Waals surface area contributed by atoms with Gasteiger partial charge in [-0.1, -0.05) is 30.3 Å². The molecule has 27 heavy (non-hydrogen) atoms. The van der Waals surface area contributed by atoms with Gasteiger partial charge < -0.3 is 16.0 Å². The third kappa shape index (κ3) is 8.66. The third-order valence-electron chi connectivity index (χ3n) is 3.75. The number of nitrogens with zero attached hydrogens (tertiary/aromatic N) is 1. The van der Waals surface area contributed by atoms with Gasteiger partial charge in [0.25, 0.3) is 5.91 Å². The van der Waals surface area contributed by atoms with Gasteiger partial charge in [-0.2, -0.15) is 0 Å². The number of hydrogen-bond acceptors (Lipinski definition) is 3. The first-order valence-electron chi connectivity index (χ1n) is 8.66. The predicted octanol–water partition coefficient (Wildman–Crippen LogP) is 3.16. The lowest BCUT2D eigenvalue weighted by Gasteiger charge is -2.12. The largest absolute Gasteiger partial charge is 0.356 e. The highest BCUT2D eigenvalue weighted by molar-refractivity contribution is 14.0. The van der Waals surface area contributed by atoms with E-state index in [-0.39, 0.29) is 29.9 Å². The molecule has 0 spiro atoms. The van der Waals surface area contributed by atoms with Gasteiger partial charge in [-0.15, -0.1) is 35.7 Å². The highest BCUT2D eigenvalue weighted by Crippen LogP contribution is 2.15. The smallest absolute Gasteiger partial charge is 0.251 e. The second kappa shape index (κ2) is 13.4. The summed E-state index contributed by atoms with van der Waals surface area (Å²) in [5, 5.41) is 9.27. The maximum Gasteiger partial charge on any atom is 0.251 e. The predicted molar refractivity (Wildman–Crippen MR) is 125 cm³/mol. The van der Waals surface area contributed by atoms with Crippen LogP contribution in [0.1, 0.15) is 15.9 Å². The van der Waals surface area contributed by atoms with Crippen molar-refractivity contribution < 1.29 is 4.79 Å². The molecule has 0 heterocycles. The average molecular weight is 498 g/mol. The molecule has 0 bridgehead atoms. The lowest BCUT2D eigenvalue weighted by molar-refractivity contribution is 0.0963. The van der Waals surface area contributed by atoms with Gasteiger partial charge in [0.1, 0.15) is 0 Å². The van der Waals surface area contributed by atoms with E-state index in [9.17, 15) is 4.79 Å². The van der Waals surface area contributed by atoms with E-state index >= 15 is 0 Å². The molecule has 2 aromatic carbocycles. The Morgan fingerprint density at radius 1 is 1.04 bits per heavy atom. The fourth-order valence-electron chi connectivity index (χ4n) is 2.41. The van der Waals surface area contributed by atoms with Crippen LogP contribution in [-0.4, -0.2) is 44.8 Å². The molecular formula is C20H27IN4OS. The number of carbonyl (C=O) groups is 1. The third-order valence-corrected chi connectivity index (χ3v) is 4.77. The van der Waals surface area contributed by atoms with Crippen molar-refractivity contribution in [3.63, 3.8) is 0 Å². The first-order chi connectivity index (χ1) is 12.7. The number of carbonyl (C=O) groups excluding carboxylic acids is 1. The lowest BCUT2D eigenvalue weighted by atomic mass is 10.1. The monoisotopic (exact) mass is 498 g/mol. The SMILES string of the molecule is CN=C(NCCSc1ccccc1)NCCc1cccc(C(=O)NC)c1.I. The molecular weight excluding hydrogens is 471 g/mol. The van der Waals surface area contributed by atoms with Crippen LogP contribution in [0, 0.1) is 0 Å². The summed E-state index contributed by atoms with van der Waals surface area (Å²) in [7, 11) is 3.41. The quantitative estimate of drug-likeness (QED) is 0.172. The van der Waals surface area contributed by atoms with Crippen LogP contribution in [0.25, 0.3) is 0 Å². The molecule has 5 nitrogen and oxygen atoms in total. The Labute approximate surface area is 182 Å². The Morgan fingerprint density at radius 3 is 2.48 bits per heavy atom. The minimum atomic E-state index is -0.0619. The van der Waals surface area contributed by atoms with Crippen molar-refractivity contribution in [3.8, 4) is 0 Å². The number of amides is 1. The molecule has 2 rings (SSSR count). The number of hydrogen-bond donors (Lipinski definition) is 3. The van der Waals surface area contributed by atoms with Crippen molar-refractivity contribution in [2.75, 3.05) is 32.9 Å². The van der Waals surface area contributed by atoms with Gasteiger partial charge >= 0.3 is 0 Å². The van der Waals surface area contributed by atoms with Crippen LogP contribution >= 0.6 is 35.7 Å². The van der Waals surface area contributed by atoms with Crippen LogP contribution in [0.15, 0.2) is 64.5 Å². The molecule has 2 aromatic rings. The Morgan fingerprint density at radius 2 is 1.78 bits per heavy atom.